The number of amides is 3. The van der Waals surface area contributed by atoms with E-state index in [2.05, 4.69) is 5.32 Å². The number of hydrogen-bond donors (Lipinski definition) is 1. The summed E-state index contributed by atoms with van der Waals surface area (Å²) < 4.78 is 21.0. The molecule has 186 valence electrons. The second-order valence-corrected chi connectivity index (χ2v) is 9.78. The first kappa shape index (κ1) is 23.9. The minimum Gasteiger partial charge on any atom is -0.497 e. The van der Waals surface area contributed by atoms with Crippen molar-refractivity contribution < 1.29 is 18.7 Å². The molecule has 1 aliphatic rings. The Morgan fingerprint density at radius 1 is 1.11 bits per heavy atom. The first-order valence-corrected chi connectivity index (χ1v) is 12.6. The molecule has 3 amide bonds. The summed E-state index contributed by atoms with van der Waals surface area (Å²) in [6.07, 6.45) is 0. The number of halogens is 1. The zero-order valence-corrected chi connectivity index (χ0v) is 20.9. The van der Waals surface area contributed by atoms with E-state index in [1.807, 2.05) is 53.3 Å². The quantitative estimate of drug-likeness (QED) is 0.401. The third kappa shape index (κ3) is 4.79. The maximum atomic E-state index is 13.8. The van der Waals surface area contributed by atoms with Gasteiger partial charge in [0.2, 0.25) is 0 Å². The van der Waals surface area contributed by atoms with Crippen LogP contribution in [0.4, 0.5) is 14.9 Å². The number of nitrogens with zero attached hydrogens (tertiary/aromatic N) is 3. The molecule has 2 aromatic heterocycles. The van der Waals surface area contributed by atoms with Gasteiger partial charge in [0.1, 0.15) is 22.1 Å². The van der Waals surface area contributed by atoms with Crippen LogP contribution in [-0.2, 0) is 6.54 Å². The van der Waals surface area contributed by atoms with E-state index in [1.165, 1.54) is 12.1 Å². The number of thiophene rings is 1. The van der Waals surface area contributed by atoms with Crippen molar-refractivity contribution in [2.24, 2.45) is 0 Å². The molecule has 5 rings (SSSR count). The number of rotatable bonds is 5. The Hall–Kier alpha value is -3.85. The van der Waals surface area contributed by atoms with Crippen molar-refractivity contribution in [3.8, 4) is 5.75 Å². The predicted octanol–water partition coefficient (Wildman–Crippen LogP) is 5.28. The number of anilines is 1. The molecule has 1 unspecified atom stereocenters. The van der Waals surface area contributed by atoms with Crippen LogP contribution in [0, 0.1) is 5.82 Å². The third-order valence-corrected chi connectivity index (χ3v) is 7.40. The van der Waals surface area contributed by atoms with E-state index in [4.69, 9.17) is 4.74 Å². The molecule has 0 spiro atoms. The van der Waals surface area contributed by atoms with Gasteiger partial charge in [-0.2, -0.15) is 0 Å². The van der Waals surface area contributed by atoms with Crippen LogP contribution in [0.3, 0.4) is 0 Å². The molecule has 1 N–H and O–H groups in total. The van der Waals surface area contributed by atoms with Crippen molar-refractivity contribution in [2.75, 3.05) is 32.1 Å². The number of aromatic nitrogens is 1. The van der Waals surface area contributed by atoms with Gasteiger partial charge in [0.25, 0.3) is 5.91 Å². The number of fused-ring (bicyclic) bond motifs is 1. The second-order valence-electron chi connectivity index (χ2n) is 8.88. The van der Waals surface area contributed by atoms with Gasteiger partial charge in [0.05, 0.1) is 7.11 Å². The summed E-state index contributed by atoms with van der Waals surface area (Å²) in [5, 5.41) is 5.90. The Labute approximate surface area is 212 Å². The minimum atomic E-state index is -0.299. The number of ether oxygens (including phenoxy) is 1. The van der Waals surface area contributed by atoms with Gasteiger partial charge >= 0.3 is 6.03 Å². The van der Waals surface area contributed by atoms with E-state index < -0.39 is 0 Å². The fraction of sp³-hybridized carbons (Fsp3) is 0.259. The fourth-order valence-electron chi connectivity index (χ4n) is 4.63. The third-order valence-electron chi connectivity index (χ3n) is 6.45. The monoisotopic (exact) mass is 506 g/mol. The normalized spacial score (nSPS) is 15.8. The predicted molar refractivity (Wildman–Crippen MR) is 139 cm³/mol. The van der Waals surface area contributed by atoms with Gasteiger partial charge in [-0.15, -0.1) is 11.3 Å². The van der Waals surface area contributed by atoms with Crippen molar-refractivity contribution in [1.82, 2.24) is 14.4 Å². The van der Waals surface area contributed by atoms with E-state index in [0.29, 0.717) is 43.3 Å². The van der Waals surface area contributed by atoms with Gasteiger partial charge in [-0.05, 0) is 54.3 Å². The molecule has 9 heteroatoms. The molecular weight excluding hydrogens is 479 g/mol. The molecule has 1 atom stereocenters. The topological polar surface area (TPSA) is 66.8 Å². The molecule has 1 fully saturated rings. The van der Waals surface area contributed by atoms with E-state index in [0.717, 1.165) is 15.8 Å². The standard InChI is InChI=1S/C27H27FN4O3S/c1-18-16-30(10-11-31(18)27(34)29-22-7-4-8-23(15-22)35-2)25(33)24-14-20-9-12-36-26(20)32(24)17-19-5-3-6-21(28)13-19/h3-9,12-15,18H,10-11,16-17H2,1-2H3,(H,29,34). The Bertz CT molecular complexity index is 1420. The number of methoxy groups -OCH3 is 1. The lowest BCUT2D eigenvalue weighted by Crippen LogP contribution is -2.56. The molecule has 0 saturated carbocycles. The minimum absolute atomic E-state index is 0.0884. The van der Waals surface area contributed by atoms with Crippen molar-refractivity contribution in [3.63, 3.8) is 0 Å². The number of carbonyl (C=O) groups excluding carboxylic acids is 2. The maximum absolute atomic E-state index is 13.8. The molecule has 0 bridgehead atoms. The Morgan fingerprint density at radius 2 is 1.94 bits per heavy atom. The molecule has 3 heterocycles. The summed E-state index contributed by atoms with van der Waals surface area (Å²) in [6.45, 7) is 3.61. The van der Waals surface area contributed by atoms with Crippen LogP contribution >= 0.6 is 11.3 Å². The van der Waals surface area contributed by atoms with E-state index >= 15 is 0 Å². The molecule has 7 nitrogen and oxygen atoms in total. The summed E-state index contributed by atoms with van der Waals surface area (Å²) in [4.78, 5) is 31.1. The molecule has 1 saturated heterocycles. The van der Waals surface area contributed by atoms with Crippen molar-refractivity contribution in [2.45, 2.75) is 19.5 Å². The molecule has 4 aromatic rings. The maximum Gasteiger partial charge on any atom is 0.322 e. The largest absolute Gasteiger partial charge is 0.497 e. The van der Waals surface area contributed by atoms with E-state index in [1.54, 1.807) is 40.4 Å². The molecule has 1 aliphatic heterocycles. The SMILES string of the molecule is COc1cccc(NC(=O)N2CCN(C(=O)c3cc4ccsc4n3Cc3cccc(F)c3)CC2C)c1. The number of nitrogens with one attached hydrogen (secondary N) is 1. The summed E-state index contributed by atoms with van der Waals surface area (Å²) >= 11 is 1.56. The van der Waals surface area contributed by atoms with Gasteiger partial charge in [-0.1, -0.05) is 18.2 Å². The number of benzene rings is 2. The lowest BCUT2D eigenvalue weighted by molar-refractivity contribution is 0.0583. The highest BCUT2D eigenvalue weighted by Crippen LogP contribution is 2.28. The number of hydrogen-bond acceptors (Lipinski definition) is 4. The molecule has 36 heavy (non-hydrogen) atoms. The fourth-order valence-corrected chi connectivity index (χ4v) is 5.53. The molecule has 2 aromatic carbocycles. The van der Waals surface area contributed by atoms with Crippen LogP contribution < -0.4 is 10.1 Å². The summed E-state index contributed by atoms with van der Waals surface area (Å²) in [6, 6.07) is 17.2. The highest BCUT2D eigenvalue weighted by molar-refractivity contribution is 7.16. The zero-order chi connectivity index (χ0) is 25.2. The first-order valence-electron chi connectivity index (χ1n) is 11.7. The molecule has 0 radical (unpaired) electrons. The lowest BCUT2D eigenvalue weighted by atomic mass is 10.1. The van der Waals surface area contributed by atoms with Crippen LogP contribution in [0.5, 0.6) is 5.75 Å². The van der Waals surface area contributed by atoms with Crippen LogP contribution in [0.2, 0.25) is 0 Å². The number of urea groups is 1. The highest BCUT2D eigenvalue weighted by atomic mass is 32.1. The second kappa shape index (κ2) is 10.0. The van der Waals surface area contributed by atoms with Gasteiger partial charge in [-0.3, -0.25) is 4.79 Å². The van der Waals surface area contributed by atoms with Gasteiger partial charge in [0.15, 0.2) is 0 Å². The molecule has 0 aliphatic carbocycles. The van der Waals surface area contributed by atoms with Crippen molar-refractivity contribution in [3.05, 3.63) is 83.1 Å². The van der Waals surface area contributed by atoms with E-state index in [-0.39, 0.29) is 23.8 Å². The Balaban J connectivity index is 1.31. The Kier molecular flexibility index (Phi) is 6.65. The van der Waals surface area contributed by atoms with Gasteiger partial charge < -0.3 is 24.4 Å². The summed E-state index contributed by atoms with van der Waals surface area (Å²) in [5.74, 6) is 0.277. The molecular formula is C27H27FN4O3S. The lowest BCUT2D eigenvalue weighted by Gasteiger charge is -2.39. The van der Waals surface area contributed by atoms with E-state index in [9.17, 15) is 14.0 Å². The number of piperazine rings is 1. The Morgan fingerprint density at radius 3 is 2.72 bits per heavy atom. The summed E-state index contributed by atoms with van der Waals surface area (Å²) in [5.41, 5.74) is 2.02. The average molecular weight is 507 g/mol. The van der Waals surface area contributed by atoms with Gasteiger partial charge in [-0.25, -0.2) is 9.18 Å². The smallest absolute Gasteiger partial charge is 0.322 e. The summed E-state index contributed by atoms with van der Waals surface area (Å²) in [7, 11) is 1.58. The average Bonchev–Trinajstić information content (AvgIpc) is 3.46. The number of carbonyl (C=O) groups is 2. The van der Waals surface area contributed by atoms with Crippen LogP contribution in [0.1, 0.15) is 23.0 Å². The first-order chi connectivity index (χ1) is 17.4. The van der Waals surface area contributed by atoms with Crippen LogP contribution in [0.15, 0.2) is 66.0 Å². The highest BCUT2D eigenvalue weighted by Gasteiger charge is 2.32. The van der Waals surface area contributed by atoms with Crippen molar-refractivity contribution >= 4 is 39.2 Å². The zero-order valence-electron chi connectivity index (χ0n) is 20.1. The van der Waals surface area contributed by atoms with Crippen molar-refractivity contribution in [1.29, 1.82) is 0 Å². The van der Waals surface area contributed by atoms with Crippen LogP contribution in [-0.4, -0.2) is 59.1 Å². The van der Waals surface area contributed by atoms with Gasteiger partial charge in [0, 0.05) is 49.4 Å². The van der Waals surface area contributed by atoms with Crippen LogP contribution in [0.25, 0.3) is 10.2 Å².